The Hall–Kier alpha value is -2.76. The zero-order valence-corrected chi connectivity index (χ0v) is 17.8. The minimum absolute atomic E-state index is 0.198. The maximum Gasteiger partial charge on any atom is 0.243 e. The van der Waals surface area contributed by atoms with Gasteiger partial charge in [-0.05, 0) is 48.4 Å². The van der Waals surface area contributed by atoms with E-state index in [2.05, 4.69) is 79.8 Å². The van der Waals surface area contributed by atoms with Gasteiger partial charge in [-0.1, -0.05) is 58.4 Å². The van der Waals surface area contributed by atoms with Crippen LogP contribution in [0.2, 0.25) is 0 Å². The van der Waals surface area contributed by atoms with Gasteiger partial charge in [0.2, 0.25) is 5.91 Å². The van der Waals surface area contributed by atoms with E-state index in [0.717, 1.165) is 40.4 Å². The summed E-state index contributed by atoms with van der Waals surface area (Å²) >= 11 is 3.47. The average Bonchev–Trinajstić information content (AvgIpc) is 2.92. The second-order valence-corrected chi connectivity index (χ2v) is 7.99. The number of carbonyl (C=O) groups excluding carboxylic acids is 1. The van der Waals surface area contributed by atoms with E-state index in [4.69, 9.17) is 0 Å². The van der Waals surface area contributed by atoms with Crippen molar-refractivity contribution in [1.82, 2.24) is 10.3 Å². The van der Waals surface area contributed by atoms with E-state index in [0.29, 0.717) is 5.36 Å². The summed E-state index contributed by atoms with van der Waals surface area (Å²) in [6.07, 6.45) is 0.988. The van der Waals surface area contributed by atoms with Gasteiger partial charge in [0, 0.05) is 34.2 Å². The van der Waals surface area contributed by atoms with Crippen LogP contribution in [0.25, 0.3) is 21.8 Å². The summed E-state index contributed by atoms with van der Waals surface area (Å²) in [5.74, 6) is -0.198. The van der Waals surface area contributed by atoms with Gasteiger partial charge in [0.05, 0.1) is 10.9 Å². The molecule has 0 spiro atoms. The molecule has 1 heterocycles. The van der Waals surface area contributed by atoms with Gasteiger partial charge in [-0.2, -0.15) is 0 Å². The van der Waals surface area contributed by atoms with E-state index in [9.17, 15) is 4.79 Å². The number of rotatable bonds is 5. The fraction of sp³-hybridized carbons (Fsp3) is 0.167. The minimum Gasteiger partial charge on any atom is -0.354 e. The van der Waals surface area contributed by atoms with Gasteiger partial charge in [0.25, 0.3) is 0 Å². The predicted molar refractivity (Wildman–Crippen MR) is 122 cm³/mol. The summed E-state index contributed by atoms with van der Waals surface area (Å²) in [5, 5.41) is 6.51. The Balaban J connectivity index is 1.57. The third-order valence-electron chi connectivity index (χ3n) is 4.92. The smallest absolute Gasteiger partial charge is 0.243 e. The molecule has 4 aromatic rings. The van der Waals surface area contributed by atoms with Gasteiger partial charge in [0.15, 0.2) is 0 Å². The van der Waals surface area contributed by atoms with Crippen molar-refractivity contribution in [2.24, 2.45) is 4.99 Å². The number of amides is 1. The number of nitrogens with one attached hydrogen (secondary N) is 2. The fourth-order valence-corrected chi connectivity index (χ4v) is 3.82. The number of carbonyl (C=O) groups is 1. The first-order valence-electron chi connectivity index (χ1n) is 9.64. The maximum atomic E-state index is 11.4. The highest BCUT2D eigenvalue weighted by atomic mass is 79.9. The van der Waals surface area contributed by atoms with Crippen LogP contribution >= 0.6 is 15.9 Å². The van der Waals surface area contributed by atoms with Crippen molar-refractivity contribution in [2.75, 3.05) is 6.54 Å². The molecule has 0 radical (unpaired) electrons. The van der Waals surface area contributed by atoms with Crippen LogP contribution in [0.1, 0.15) is 18.1 Å². The molecule has 29 heavy (non-hydrogen) atoms. The number of nitrogens with zero attached hydrogens (tertiary/aromatic N) is 1. The lowest BCUT2D eigenvalue weighted by Gasteiger charge is -2.07. The highest BCUT2D eigenvalue weighted by Gasteiger charge is 2.07. The number of aromatic amines is 1. The predicted octanol–water partition coefficient (Wildman–Crippen LogP) is 4.86. The van der Waals surface area contributed by atoms with Crippen molar-refractivity contribution >= 4 is 43.6 Å². The minimum atomic E-state index is -0.198. The number of para-hydroxylation sites is 1. The number of hydrogen-bond acceptors (Lipinski definition) is 2. The molecule has 0 unspecified atom stereocenters. The molecule has 146 valence electrons. The van der Waals surface area contributed by atoms with Gasteiger partial charge >= 0.3 is 0 Å². The average molecular weight is 448 g/mol. The molecule has 0 aliphatic rings. The van der Waals surface area contributed by atoms with E-state index in [1.54, 1.807) is 0 Å². The molecular weight excluding hydrogens is 426 g/mol. The number of benzene rings is 2. The number of halogens is 1. The summed E-state index contributed by atoms with van der Waals surface area (Å²) < 4.78 is 1.10. The van der Waals surface area contributed by atoms with E-state index >= 15 is 0 Å². The zero-order chi connectivity index (χ0) is 20.2. The molecule has 4 rings (SSSR count). The molecule has 2 N–H and O–H groups in total. The van der Waals surface area contributed by atoms with Crippen molar-refractivity contribution in [2.45, 2.75) is 19.9 Å². The highest BCUT2D eigenvalue weighted by molar-refractivity contribution is 9.10. The topological polar surface area (TPSA) is 57.2 Å². The van der Waals surface area contributed by atoms with Gasteiger partial charge in [-0.15, -0.1) is 0 Å². The van der Waals surface area contributed by atoms with E-state index in [1.165, 1.54) is 23.4 Å². The molecule has 0 atom stereocenters. The van der Waals surface area contributed by atoms with Crippen LogP contribution in [-0.2, 0) is 17.8 Å². The third kappa shape index (κ3) is 4.63. The molecule has 3 aromatic carbocycles. The van der Waals surface area contributed by atoms with Crippen LogP contribution in [0.5, 0.6) is 0 Å². The van der Waals surface area contributed by atoms with Crippen LogP contribution in [0.3, 0.4) is 0 Å². The Labute approximate surface area is 177 Å². The molecule has 0 bridgehead atoms. The largest absolute Gasteiger partial charge is 0.354 e. The van der Waals surface area contributed by atoms with Gasteiger partial charge in [0.1, 0.15) is 0 Å². The lowest BCUT2D eigenvalue weighted by Crippen LogP contribution is -2.16. The lowest BCUT2D eigenvalue weighted by atomic mass is 10.1. The molecule has 0 aliphatic heterocycles. The highest BCUT2D eigenvalue weighted by Crippen LogP contribution is 2.26. The Bertz CT molecular complexity index is 1240. The van der Waals surface area contributed by atoms with E-state index < -0.39 is 0 Å². The number of aromatic nitrogens is 1. The molecule has 5 heteroatoms. The van der Waals surface area contributed by atoms with E-state index in [1.807, 2.05) is 18.2 Å². The quantitative estimate of drug-likeness (QED) is 0.429. The van der Waals surface area contributed by atoms with Crippen molar-refractivity contribution in [3.8, 4) is 0 Å². The number of hydrogen-bond donors (Lipinski definition) is 2. The van der Waals surface area contributed by atoms with Crippen molar-refractivity contribution in [3.05, 3.63) is 87.7 Å². The molecule has 0 saturated heterocycles. The van der Waals surface area contributed by atoms with Gasteiger partial charge < -0.3 is 10.3 Å². The molecule has 0 saturated carbocycles. The Kier molecular flexibility index (Phi) is 5.88. The molecular formula is C24H22BrN3O. The molecule has 0 aliphatic carbocycles. The summed E-state index contributed by atoms with van der Waals surface area (Å²) in [6, 6.07) is 22.6. The summed E-state index contributed by atoms with van der Waals surface area (Å²) in [5.41, 5.74) is 4.65. The Morgan fingerprint density at radius 1 is 1.03 bits per heavy atom. The van der Waals surface area contributed by atoms with E-state index in [-0.39, 0.29) is 5.91 Å². The van der Waals surface area contributed by atoms with Crippen molar-refractivity contribution in [3.63, 3.8) is 0 Å². The van der Waals surface area contributed by atoms with Gasteiger partial charge in [-0.25, -0.2) is 4.99 Å². The summed E-state index contributed by atoms with van der Waals surface area (Å²) in [4.78, 5) is 18.9. The van der Waals surface area contributed by atoms with Crippen LogP contribution < -0.4 is 10.7 Å². The lowest BCUT2D eigenvalue weighted by molar-refractivity contribution is -0.116. The first kappa shape index (κ1) is 19.6. The normalized spacial score (nSPS) is 12.0. The number of fused-ring (bicyclic) bond motifs is 3. The van der Waals surface area contributed by atoms with Crippen LogP contribution in [0.4, 0.5) is 0 Å². The maximum absolute atomic E-state index is 11.4. The molecule has 1 amide bonds. The first-order valence-corrected chi connectivity index (χ1v) is 10.4. The molecule has 1 aromatic heterocycles. The fourth-order valence-electron chi connectivity index (χ4n) is 3.56. The summed E-state index contributed by atoms with van der Waals surface area (Å²) in [6.45, 7) is 3.17. The van der Waals surface area contributed by atoms with Crippen LogP contribution in [-0.4, -0.2) is 17.4 Å². The third-order valence-corrected chi connectivity index (χ3v) is 5.45. The Morgan fingerprint density at radius 2 is 1.79 bits per heavy atom. The van der Waals surface area contributed by atoms with Crippen LogP contribution in [0, 0.1) is 0 Å². The molecule has 4 nitrogen and oxygen atoms in total. The van der Waals surface area contributed by atoms with Crippen LogP contribution in [0.15, 0.2) is 76.2 Å². The summed E-state index contributed by atoms with van der Waals surface area (Å²) in [7, 11) is 0. The second kappa shape index (κ2) is 8.72. The molecule has 0 fully saturated rings. The monoisotopic (exact) mass is 447 g/mol. The SMILES string of the molecule is CC(=O)N=c1cccc2c(c1)[nH]c1c(CNCCc3ccc(Br)cc3)cccc12. The zero-order valence-electron chi connectivity index (χ0n) is 16.2. The Morgan fingerprint density at radius 3 is 2.59 bits per heavy atom. The first-order chi connectivity index (χ1) is 14.1. The standard InChI is InChI=1S/C24H22BrN3O/c1-16(29)27-20-5-3-6-21-22-7-2-4-18(24(22)28-23(21)14-20)15-26-13-12-17-8-10-19(25)11-9-17/h2-11,14,26,28H,12-13,15H2,1H3. The van der Waals surface area contributed by atoms with Gasteiger partial charge in [-0.3, -0.25) is 4.79 Å². The van der Waals surface area contributed by atoms with Crippen molar-refractivity contribution < 1.29 is 4.79 Å². The second-order valence-electron chi connectivity index (χ2n) is 7.07. The van der Waals surface area contributed by atoms with Crippen molar-refractivity contribution in [1.29, 1.82) is 0 Å². The number of H-pyrrole nitrogens is 1.